The van der Waals surface area contributed by atoms with E-state index in [-0.39, 0.29) is 18.5 Å². The van der Waals surface area contributed by atoms with Crippen LogP contribution in [-0.4, -0.2) is 18.1 Å². The largest absolute Gasteiger partial charge is 0.457 e. The van der Waals surface area contributed by atoms with E-state index in [1.54, 1.807) is 42.6 Å². The predicted molar refractivity (Wildman–Crippen MR) is 128 cm³/mol. The molecule has 1 heterocycles. The Balaban J connectivity index is 1.36. The molecule has 4 rings (SSSR count). The summed E-state index contributed by atoms with van der Waals surface area (Å²) in [5.41, 5.74) is 3.71. The van der Waals surface area contributed by atoms with Crippen LogP contribution in [0.15, 0.2) is 100 Å². The first-order valence-corrected chi connectivity index (χ1v) is 10.4. The summed E-state index contributed by atoms with van der Waals surface area (Å²) in [6.07, 6.45) is 1.63. The summed E-state index contributed by atoms with van der Waals surface area (Å²) >= 11 is 0. The highest BCUT2D eigenvalue weighted by Gasteiger charge is 2.09. The van der Waals surface area contributed by atoms with Crippen LogP contribution in [0.5, 0.6) is 0 Å². The van der Waals surface area contributed by atoms with Crippen molar-refractivity contribution in [3.63, 3.8) is 0 Å². The number of hydrogen-bond acceptors (Lipinski definition) is 5. The Labute approximate surface area is 191 Å². The number of nitrogens with zero attached hydrogens (tertiary/aromatic N) is 1. The minimum Gasteiger partial charge on any atom is -0.457 e. The zero-order valence-corrected chi connectivity index (χ0v) is 18.0. The number of esters is 1. The average molecular weight is 438 g/mol. The van der Waals surface area contributed by atoms with Crippen LogP contribution in [0, 0.1) is 0 Å². The first kappa shape index (κ1) is 21.8. The quantitative estimate of drug-likeness (QED) is 0.283. The van der Waals surface area contributed by atoms with Crippen molar-refractivity contribution in [3.8, 4) is 11.3 Å². The van der Waals surface area contributed by atoms with Crippen molar-refractivity contribution in [2.45, 2.75) is 13.5 Å². The first-order chi connectivity index (χ1) is 16.1. The van der Waals surface area contributed by atoms with Gasteiger partial charge in [-0.05, 0) is 54.1 Å². The van der Waals surface area contributed by atoms with Gasteiger partial charge >= 0.3 is 5.97 Å². The second-order valence-electron chi connectivity index (χ2n) is 7.33. The van der Waals surface area contributed by atoms with Crippen LogP contribution in [0.25, 0.3) is 11.3 Å². The van der Waals surface area contributed by atoms with E-state index in [1.807, 2.05) is 54.6 Å². The van der Waals surface area contributed by atoms with E-state index >= 15 is 0 Å². The van der Waals surface area contributed by atoms with Crippen molar-refractivity contribution in [3.05, 3.63) is 108 Å². The SMILES string of the molecule is CC(=O)Nc1ccc(N=Cc2ccc(-c3ccc(C(=O)OCc4ccccc4)cc3)o2)cc1. The zero-order chi connectivity index (χ0) is 23.0. The Kier molecular flexibility index (Phi) is 6.75. The number of hydrogen-bond donors (Lipinski definition) is 1. The van der Waals surface area contributed by atoms with Crippen molar-refractivity contribution in [1.29, 1.82) is 0 Å². The fourth-order valence-corrected chi connectivity index (χ4v) is 3.13. The lowest BCUT2D eigenvalue weighted by atomic mass is 10.1. The van der Waals surface area contributed by atoms with Crippen molar-refractivity contribution in [1.82, 2.24) is 0 Å². The Morgan fingerprint density at radius 3 is 2.33 bits per heavy atom. The molecular formula is C27H22N2O4. The fraction of sp³-hybridized carbons (Fsp3) is 0.0741. The molecule has 0 fully saturated rings. The normalized spacial score (nSPS) is 10.8. The summed E-state index contributed by atoms with van der Waals surface area (Å²) in [5.74, 6) is 0.776. The van der Waals surface area contributed by atoms with Gasteiger partial charge in [0.2, 0.25) is 5.91 Å². The standard InChI is InChI=1S/C27H22N2O4/c1-19(30)29-24-13-11-23(12-14-24)28-17-25-15-16-26(33-25)21-7-9-22(10-8-21)27(31)32-18-20-5-3-2-4-6-20/h2-17H,18H2,1H3,(H,29,30). The molecule has 0 unspecified atom stereocenters. The van der Waals surface area contributed by atoms with Gasteiger partial charge in [0.05, 0.1) is 17.5 Å². The minimum atomic E-state index is -0.373. The number of aliphatic imine (C=N–C) groups is 1. The molecule has 0 aliphatic heterocycles. The topological polar surface area (TPSA) is 80.9 Å². The monoisotopic (exact) mass is 438 g/mol. The number of carbonyl (C=O) groups is 2. The maximum atomic E-state index is 12.3. The lowest BCUT2D eigenvalue weighted by Gasteiger charge is -2.05. The van der Waals surface area contributed by atoms with Crippen molar-refractivity contribution in [2.24, 2.45) is 4.99 Å². The molecule has 1 amide bonds. The molecule has 1 N–H and O–H groups in total. The number of benzene rings is 3. The van der Waals surface area contributed by atoms with Crippen LogP contribution in [-0.2, 0) is 16.1 Å². The number of rotatable bonds is 7. The molecular weight excluding hydrogens is 416 g/mol. The number of anilines is 1. The summed E-state index contributed by atoms with van der Waals surface area (Å²) in [7, 11) is 0. The van der Waals surface area contributed by atoms with Crippen LogP contribution in [0.4, 0.5) is 11.4 Å². The number of amides is 1. The summed E-state index contributed by atoms with van der Waals surface area (Å²) in [5, 5.41) is 2.71. The molecule has 164 valence electrons. The lowest BCUT2D eigenvalue weighted by molar-refractivity contribution is -0.114. The van der Waals surface area contributed by atoms with Crippen LogP contribution in [0.2, 0.25) is 0 Å². The van der Waals surface area contributed by atoms with Crippen LogP contribution < -0.4 is 5.32 Å². The van der Waals surface area contributed by atoms with E-state index < -0.39 is 0 Å². The average Bonchev–Trinajstić information content (AvgIpc) is 3.32. The van der Waals surface area contributed by atoms with Crippen molar-refractivity contribution in [2.75, 3.05) is 5.32 Å². The van der Waals surface area contributed by atoms with Crippen LogP contribution >= 0.6 is 0 Å². The van der Waals surface area contributed by atoms with Gasteiger partial charge in [-0.2, -0.15) is 0 Å². The predicted octanol–water partition coefficient (Wildman–Crippen LogP) is 6.01. The maximum Gasteiger partial charge on any atom is 0.338 e. The maximum absolute atomic E-state index is 12.3. The zero-order valence-electron chi connectivity index (χ0n) is 18.0. The molecule has 0 saturated heterocycles. The third kappa shape index (κ3) is 6.04. The molecule has 0 aliphatic rings. The second-order valence-corrected chi connectivity index (χ2v) is 7.33. The molecule has 0 aliphatic carbocycles. The van der Waals surface area contributed by atoms with E-state index in [0.29, 0.717) is 22.8 Å². The molecule has 6 nitrogen and oxygen atoms in total. The highest BCUT2D eigenvalue weighted by atomic mass is 16.5. The molecule has 0 spiro atoms. The Bertz CT molecular complexity index is 1260. The highest BCUT2D eigenvalue weighted by molar-refractivity contribution is 5.90. The van der Waals surface area contributed by atoms with Gasteiger partial charge in [0, 0.05) is 18.2 Å². The summed E-state index contributed by atoms with van der Waals surface area (Å²) in [6.45, 7) is 1.70. The van der Waals surface area contributed by atoms with Crippen molar-refractivity contribution >= 4 is 29.5 Å². The Hall–Kier alpha value is -4.45. The van der Waals surface area contributed by atoms with Crippen LogP contribution in [0.3, 0.4) is 0 Å². The fourth-order valence-electron chi connectivity index (χ4n) is 3.13. The molecule has 0 bridgehead atoms. The number of nitrogens with one attached hydrogen (secondary N) is 1. The summed E-state index contributed by atoms with van der Waals surface area (Å²) < 4.78 is 11.2. The number of furan rings is 1. The molecule has 0 saturated carbocycles. The third-order valence-electron chi connectivity index (χ3n) is 4.77. The molecule has 4 aromatic rings. The highest BCUT2D eigenvalue weighted by Crippen LogP contribution is 2.23. The minimum absolute atomic E-state index is 0.119. The molecule has 6 heteroatoms. The van der Waals surface area contributed by atoms with Crippen LogP contribution in [0.1, 0.15) is 28.6 Å². The number of ether oxygens (including phenoxy) is 1. The Morgan fingerprint density at radius 1 is 0.909 bits per heavy atom. The third-order valence-corrected chi connectivity index (χ3v) is 4.77. The number of carbonyl (C=O) groups excluding carboxylic acids is 2. The van der Waals surface area contributed by atoms with Crippen molar-refractivity contribution < 1.29 is 18.7 Å². The lowest BCUT2D eigenvalue weighted by Crippen LogP contribution is -2.04. The van der Waals surface area contributed by atoms with Gasteiger partial charge in [-0.1, -0.05) is 42.5 Å². The van der Waals surface area contributed by atoms with Gasteiger partial charge in [0.15, 0.2) is 0 Å². The van der Waals surface area contributed by atoms with Gasteiger partial charge in [-0.15, -0.1) is 0 Å². The van der Waals surface area contributed by atoms with E-state index in [2.05, 4.69) is 10.3 Å². The van der Waals surface area contributed by atoms with Gasteiger partial charge in [0.1, 0.15) is 18.1 Å². The first-order valence-electron chi connectivity index (χ1n) is 10.4. The van der Waals surface area contributed by atoms with E-state index in [4.69, 9.17) is 9.15 Å². The Morgan fingerprint density at radius 2 is 1.64 bits per heavy atom. The molecule has 1 aromatic heterocycles. The molecule has 0 radical (unpaired) electrons. The molecule has 0 atom stereocenters. The summed E-state index contributed by atoms with van der Waals surface area (Å²) in [6, 6.07) is 27.5. The molecule has 3 aromatic carbocycles. The van der Waals surface area contributed by atoms with Gasteiger partial charge in [-0.25, -0.2) is 4.79 Å². The van der Waals surface area contributed by atoms with Gasteiger partial charge < -0.3 is 14.5 Å². The van der Waals surface area contributed by atoms with Gasteiger partial charge in [-0.3, -0.25) is 9.79 Å². The van der Waals surface area contributed by atoms with Gasteiger partial charge in [0.25, 0.3) is 0 Å². The smallest absolute Gasteiger partial charge is 0.338 e. The second kappa shape index (κ2) is 10.2. The van der Waals surface area contributed by atoms with E-state index in [9.17, 15) is 9.59 Å². The summed E-state index contributed by atoms with van der Waals surface area (Å²) in [4.78, 5) is 27.8. The van der Waals surface area contributed by atoms with E-state index in [1.165, 1.54) is 6.92 Å². The molecule has 33 heavy (non-hydrogen) atoms. The van der Waals surface area contributed by atoms with E-state index in [0.717, 1.165) is 16.8 Å².